The number of nitrogens with zero attached hydrogens (tertiary/aromatic N) is 1. The van der Waals surface area contributed by atoms with Gasteiger partial charge in [-0.3, -0.25) is 4.90 Å². The SMILES string of the molecule is CC1CCN(C2CC(C)(C)OC2(C)C)C1CN. The van der Waals surface area contributed by atoms with Crippen molar-refractivity contribution >= 4 is 0 Å². The second kappa shape index (κ2) is 4.22. The lowest BCUT2D eigenvalue weighted by molar-refractivity contribution is -0.0818. The van der Waals surface area contributed by atoms with Gasteiger partial charge in [0.1, 0.15) is 0 Å². The number of rotatable bonds is 2. The highest BCUT2D eigenvalue weighted by atomic mass is 16.5. The van der Waals surface area contributed by atoms with Crippen molar-refractivity contribution in [1.29, 1.82) is 0 Å². The van der Waals surface area contributed by atoms with E-state index in [1.54, 1.807) is 0 Å². The first-order chi connectivity index (χ1) is 7.77. The highest BCUT2D eigenvalue weighted by Crippen LogP contribution is 2.43. The summed E-state index contributed by atoms with van der Waals surface area (Å²) in [5.41, 5.74) is 5.90. The van der Waals surface area contributed by atoms with Crippen LogP contribution in [-0.2, 0) is 4.74 Å². The summed E-state index contributed by atoms with van der Waals surface area (Å²) in [7, 11) is 0. The van der Waals surface area contributed by atoms with Crippen LogP contribution in [-0.4, -0.2) is 41.3 Å². The molecule has 2 aliphatic rings. The quantitative estimate of drug-likeness (QED) is 0.802. The third-order valence-corrected chi connectivity index (χ3v) is 4.59. The lowest BCUT2D eigenvalue weighted by Gasteiger charge is -2.37. The van der Waals surface area contributed by atoms with Crippen molar-refractivity contribution in [1.82, 2.24) is 4.90 Å². The van der Waals surface area contributed by atoms with E-state index < -0.39 is 0 Å². The molecule has 3 heteroatoms. The molecular weight excluding hydrogens is 212 g/mol. The smallest absolute Gasteiger partial charge is 0.0789 e. The molecule has 0 amide bonds. The van der Waals surface area contributed by atoms with Crippen molar-refractivity contribution in [3.63, 3.8) is 0 Å². The molecule has 0 spiro atoms. The lowest BCUT2D eigenvalue weighted by Crippen LogP contribution is -2.51. The minimum absolute atomic E-state index is 0.000850. The monoisotopic (exact) mass is 240 g/mol. The Bertz CT molecular complexity index is 288. The molecule has 100 valence electrons. The fourth-order valence-electron chi connectivity index (χ4n) is 3.84. The van der Waals surface area contributed by atoms with E-state index in [-0.39, 0.29) is 11.2 Å². The van der Waals surface area contributed by atoms with Crippen LogP contribution in [0.3, 0.4) is 0 Å². The molecule has 0 radical (unpaired) electrons. The Kier molecular flexibility index (Phi) is 3.30. The summed E-state index contributed by atoms with van der Waals surface area (Å²) < 4.78 is 6.21. The fraction of sp³-hybridized carbons (Fsp3) is 1.00. The van der Waals surface area contributed by atoms with Crippen molar-refractivity contribution in [2.75, 3.05) is 13.1 Å². The van der Waals surface area contributed by atoms with Crippen molar-refractivity contribution in [2.45, 2.75) is 70.7 Å². The summed E-state index contributed by atoms with van der Waals surface area (Å²) in [5, 5.41) is 0. The van der Waals surface area contributed by atoms with Gasteiger partial charge in [0.05, 0.1) is 11.2 Å². The molecule has 3 nitrogen and oxygen atoms in total. The molecule has 0 bridgehead atoms. The van der Waals surface area contributed by atoms with Crippen LogP contribution in [0.2, 0.25) is 0 Å². The van der Waals surface area contributed by atoms with Gasteiger partial charge in [-0.1, -0.05) is 6.92 Å². The van der Waals surface area contributed by atoms with Gasteiger partial charge in [-0.05, 0) is 53.0 Å². The number of ether oxygens (including phenoxy) is 1. The van der Waals surface area contributed by atoms with Gasteiger partial charge in [0, 0.05) is 18.6 Å². The molecule has 2 fully saturated rings. The van der Waals surface area contributed by atoms with Crippen molar-refractivity contribution in [3.05, 3.63) is 0 Å². The van der Waals surface area contributed by atoms with Crippen LogP contribution in [0.15, 0.2) is 0 Å². The molecule has 0 aromatic heterocycles. The van der Waals surface area contributed by atoms with E-state index in [1.165, 1.54) is 13.0 Å². The van der Waals surface area contributed by atoms with Crippen molar-refractivity contribution < 1.29 is 4.74 Å². The van der Waals surface area contributed by atoms with Gasteiger partial charge in [0.25, 0.3) is 0 Å². The van der Waals surface area contributed by atoms with E-state index >= 15 is 0 Å². The van der Waals surface area contributed by atoms with Gasteiger partial charge in [-0.15, -0.1) is 0 Å². The van der Waals surface area contributed by atoms with E-state index in [9.17, 15) is 0 Å². The van der Waals surface area contributed by atoms with Gasteiger partial charge < -0.3 is 10.5 Å². The molecule has 2 heterocycles. The van der Waals surface area contributed by atoms with E-state index in [0.717, 1.165) is 18.9 Å². The molecular formula is C14H28N2O. The van der Waals surface area contributed by atoms with Crippen LogP contribution < -0.4 is 5.73 Å². The van der Waals surface area contributed by atoms with Gasteiger partial charge >= 0.3 is 0 Å². The van der Waals surface area contributed by atoms with Gasteiger partial charge in [-0.25, -0.2) is 0 Å². The Morgan fingerprint density at radius 2 is 1.94 bits per heavy atom. The Balaban J connectivity index is 2.17. The summed E-state index contributed by atoms with van der Waals surface area (Å²) in [6.45, 7) is 13.1. The van der Waals surface area contributed by atoms with Crippen molar-refractivity contribution in [2.24, 2.45) is 11.7 Å². The van der Waals surface area contributed by atoms with E-state index in [0.29, 0.717) is 12.1 Å². The maximum absolute atomic E-state index is 6.21. The first-order valence-corrected chi connectivity index (χ1v) is 6.93. The van der Waals surface area contributed by atoms with Gasteiger partial charge in [0.15, 0.2) is 0 Å². The topological polar surface area (TPSA) is 38.5 Å². The zero-order chi connectivity index (χ0) is 12.8. The van der Waals surface area contributed by atoms with Crippen molar-refractivity contribution in [3.8, 4) is 0 Å². The fourth-order valence-corrected chi connectivity index (χ4v) is 3.84. The first-order valence-electron chi connectivity index (χ1n) is 6.93. The molecule has 0 aromatic carbocycles. The zero-order valence-electron chi connectivity index (χ0n) is 12.0. The van der Waals surface area contributed by atoms with Crippen LogP contribution in [0, 0.1) is 5.92 Å². The average Bonchev–Trinajstić information content (AvgIpc) is 2.63. The molecule has 0 saturated carbocycles. The maximum atomic E-state index is 6.21. The highest BCUT2D eigenvalue weighted by Gasteiger charge is 2.51. The molecule has 3 atom stereocenters. The number of likely N-dealkylation sites (tertiary alicyclic amines) is 1. The molecule has 2 N–H and O–H groups in total. The number of nitrogens with two attached hydrogens (primary N) is 1. The second-order valence-electron chi connectivity index (χ2n) is 6.99. The summed E-state index contributed by atoms with van der Waals surface area (Å²) >= 11 is 0. The van der Waals surface area contributed by atoms with Crippen LogP contribution in [0.1, 0.15) is 47.5 Å². The maximum Gasteiger partial charge on any atom is 0.0789 e. The third kappa shape index (κ3) is 2.38. The van der Waals surface area contributed by atoms with Gasteiger partial charge in [-0.2, -0.15) is 0 Å². The number of hydrogen-bond donors (Lipinski definition) is 1. The largest absolute Gasteiger partial charge is 0.368 e. The predicted molar refractivity (Wildman–Crippen MR) is 71.0 cm³/mol. The molecule has 2 rings (SSSR count). The Hall–Kier alpha value is -0.120. The molecule has 0 aliphatic carbocycles. The molecule has 2 aliphatic heterocycles. The molecule has 3 unspecified atom stereocenters. The minimum Gasteiger partial charge on any atom is -0.368 e. The average molecular weight is 240 g/mol. The second-order valence-corrected chi connectivity index (χ2v) is 6.99. The highest BCUT2D eigenvalue weighted by molar-refractivity contribution is 5.03. The summed E-state index contributed by atoms with van der Waals surface area (Å²) in [5.74, 6) is 0.722. The Morgan fingerprint density at radius 1 is 1.29 bits per heavy atom. The third-order valence-electron chi connectivity index (χ3n) is 4.59. The van der Waals surface area contributed by atoms with Crippen LogP contribution in [0.25, 0.3) is 0 Å². The molecule has 0 aromatic rings. The first kappa shape index (κ1) is 13.3. The number of hydrogen-bond acceptors (Lipinski definition) is 3. The molecule has 2 saturated heterocycles. The van der Waals surface area contributed by atoms with Crippen LogP contribution in [0.4, 0.5) is 0 Å². The standard InChI is InChI=1S/C14H28N2O/c1-10-6-7-16(11(10)9-15)12-8-13(2,3)17-14(12,4)5/h10-12H,6-9,15H2,1-5H3. The van der Waals surface area contributed by atoms with Crippen LogP contribution >= 0.6 is 0 Å². The lowest BCUT2D eigenvalue weighted by atomic mass is 9.91. The minimum atomic E-state index is -0.0546. The van der Waals surface area contributed by atoms with E-state index in [1.807, 2.05) is 0 Å². The Labute approximate surface area is 106 Å². The summed E-state index contributed by atoms with van der Waals surface area (Å²) in [6.07, 6.45) is 2.39. The predicted octanol–water partition coefficient (Wildman–Crippen LogP) is 2.00. The summed E-state index contributed by atoms with van der Waals surface area (Å²) in [6, 6.07) is 1.05. The summed E-state index contributed by atoms with van der Waals surface area (Å²) in [4.78, 5) is 2.61. The van der Waals surface area contributed by atoms with E-state index in [2.05, 4.69) is 39.5 Å². The Morgan fingerprint density at radius 3 is 2.41 bits per heavy atom. The van der Waals surface area contributed by atoms with E-state index in [4.69, 9.17) is 10.5 Å². The normalized spacial score (nSPS) is 40.9. The van der Waals surface area contributed by atoms with Crippen LogP contribution in [0.5, 0.6) is 0 Å². The molecule has 17 heavy (non-hydrogen) atoms. The zero-order valence-corrected chi connectivity index (χ0v) is 12.0. The van der Waals surface area contributed by atoms with Gasteiger partial charge in [0.2, 0.25) is 0 Å².